The second-order valence-corrected chi connectivity index (χ2v) is 6.63. The lowest BCUT2D eigenvalue weighted by molar-refractivity contribution is -0.122. The number of amides is 2. The van der Waals surface area contributed by atoms with E-state index >= 15 is 0 Å². The Bertz CT molecular complexity index is 786. The monoisotopic (exact) mass is 342 g/mol. The zero-order valence-electron chi connectivity index (χ0n) is 13.7. The fraction of sp³-hybridized carbons (Fsp3) is 0.263. The molecule has 1 aliphatic heterocycles. The van der Waals surface area contributed by atoms with Crippen LogP contribution in [0.2, 0.25) is 5.02 Å². The number of benzene rings is 2. The highest BCUT2D eigenvalue weighted by atomic mass is 35.5. The molecule has 4 nitrogen and oxygen atoms in total. The average molecular weight is 343 g/mol. The van der Waals surface area contributed by atoms with Crippen LogP contribution in [0.4, 0.5) is 11.4 Å². The number of hydrogen-bond acceptors (Lipinski definition) is 2. The van der Waals surface area contributed by atoms with Gasteiger partial charge >= 0.3 is 0 Å². The van der Waals surface area contributed by atoms with Crippen molar-refractivity contribution in [3.63, 3.8) is 0 Å². The minimum Gasteiger partial charge on any atom is -0.326 e. The first-order valence-corrected chi connectivity index (χ1v) is 8.26. The predicted molar refractivity (Wildman–Crippen MR) is 96.5 cm³/mol. The maximum Gasteiger partial charge on any atom is 0.229 e. The molecular weight excluding hydrogens is 324 g/mol. The Morgan fingerprint density at radius 2 is 1.88 bits per heavy atom. The number of anilines is 2. The number of hydrogen-bond donors (Lipinski definition) is 1. The molecule has 3 rings (SSSR count). The molecule has 124 valence electrons. The van der Waals surface area contributed by atoms with Crippen molar-refractivity contribution < 1.29 is 9.59 Å². The highest BCUT2D eigenvalue weighted by molar-refractivity contribution is 6.30. The van der Waals surface area contributed by atoms with Crippen LogP contribution >= 0.6 is 11.6 Å². The highest BCUT2D eigenvalue weighted by Gasteiger charge is 2.35. The molecule has 1 fully saturated rings. The lowest BCUT2D eigenvalue weighted by Crippen LogP contribution is -2.28. The predicted octanol–water partition coefficient (Wildman–Crippen LogP) is 3.95. The van der Waals surface area contributed by atoms with Crippen molar-refractivity contribution in [2.75, 3.05) is 16.8 Å². The topological polar surface area (TPSA) is 49.4 Å². The molecule has 0 bridgehead atoms. The Labute approximate surface area is 146 Å². The van der Waals surface area contributed by atoms with E-state index in [4.69, 9.17) is 11.6 Å². The second kappa shape index (κ2) is 6.65. The van der Waals surface area contributed by atoms with E-state index in [2.05, 4.69) is 5.32 Å². The summed E-state index contributed by atoms with van der Waals surface area (Å²) in [5.41, 5.74) is 3.73. The van der Waals surface area contributed by atoms with E-state index in [-0.39, 0.29) is 24.2 Å². The lowest BCUT2D eigenvalue weighted by Gasteiger charge is -2.17. The van der Waals surface area contributed by atoms with Gasteiger partial charge < -0.3 is 10.2 Å². The van der Waals surface area contributed by atoms with Crippen molar-refractivity contribution in [3.8, 4) is 0 Å². The molecule has 2 amide bonds. The quantitative estimate of drug-likeness (QED) is 0.918. The number of carbonyl (C=O) groups excluding carboxylic acids is 2. The third-order valence-corrected chi connectivity index (χ3v) is 4.53. The molecule has 0 unspecified atom stereocenters. The Balaban J connectivity index is 1.70. The van der Waals surface area contributed by atoms with Crippen LogP contribution in [0.3, 0.4) is 0 Å². The van der Waals surface area contributed by atoms with E-state index in [9.17, 15) is 9.59 Å². The smallest absolute Gasteiger partial charge is 0.229 e. The van der Waals surface area contributed by atoms with E-state index in [1.54, 1.807) is 29.2 Å². The fourth-order valence-electron chi connectivity index (χ4n) is 2.94. The van der Waals surface area contributed by atoms with Crippen molar-refractivity contribution in [1.82, 2.24) is 0 Å². The van der Waals surface area contributed by atoms with Gasteiger partial charge in [-0.2, -0.15) is 0 Å². The molecule has 2 aromatic carbocycles. The second-order valence-electron chi connectivity index (χ2n) is 6.19. The molecule has 0 aromatic heterocycles. The molecule has 1 N–H and O–H groups in total. The Morgan fingerprint density at radius 1 is 1.17 bits per heavy atom. The van der Waals surface area contributed by atoms with Gasteiger partial charge in [0.2, 0.25) is 11.8 Å². The third kappa shape index (κ3) is 3.44. The van der Waals surface area contributed by atoms with Gasteiger partial charge in [0.1, 0.15) is 0 Å². The maximum absolute atomic E-state index is 12.5. The molecule has 1 aliphatic rings. The maximum atomic E-state index is 12.5. The van der Waals surface area contributed by atoms with Crippen LogP contribution in [0, 0.1) is 19.8 Å². The summed E-state index contributed by atoms with van der Waals surface area (Å²) in [5.74, 6) is -0.515. The summed E-state index contributed by atoms with van der Waals surface area (Å²) < 4.78 is 0. The molecule has 0 saturated carbocycles. The molecule has 1 heterocycles. The number of halogens is 1. The van der Waals surface area contributed by atoms with E-state index in [1.807, 2.05) is 32.0 Å². The SMILES string of the molecule is Cc1ccc(NC(=O)[C@@H]2CC(=O)N(c3ccc(Cl)cc3)C2)c(C)c1. The molecular formula is C19H19ClN2O2. The van der Waals surface area contributed by atoms with Gasteiger partial charge in [0.25, 0.3) is 0 Å². The van der Waals surface area contributed by atoms with Crippen molar-refractivity contribution in [2.24, 2.45) is 5.92 Å². The Kier molecular flexibility index (Phi) is 4.58. The molecule has 24 heavy (non-hydrogen) atoms. The van der Waals surface area contributed by atoms with Gasteiger partial charge in [0.15, 0.2) is 0 Å². The number of aryl methyl sites for hydroxylation is 2. The molecule has 1 saturated heterocycles. The summed E-state index contributed by atoms with van der Waals surface area (Å²) in [6.07, 6.45) is 0.222. The summed E-state index contributed by atoms with van der Waals surface area (Å²) in [6.45, 7) is 4.36. The van der Waals surface area contributed by atoms with Gasteiger partial charge in [-0.1, -0.05) is 29.3 Å². The van der Waals surface area contributed by atoms with Crippen LogP contribution in [-0.4, -0.2) is 18.4 Å². The Hall–Kier alpha value is -2.33. The van der Waals surface area contributed by atoms with Gasteiger partial charge in [-0.05, 0) is 49.7 Å². The largest absolute Gasteiger partial charge is 0.326 e. The van der Waals surface area contributed by atoms with Crippen molar-refractivity contribution in [2.45, 2.75) is 20.3 Å². The summed E-state index contributed by atoms with van der Waals surface area (Å²) in [4.78, 5) is 26.4. The van der Waals surface area contributed by atoms with E-state index in [1.165, 1.54) is 0 Å². The fourth-order valence-corrected chi connectivity index (χ4v) is 3.07. The van der Waals surface area contributed by atoms with Gasteiger partial charge in [-0.25, -0.2) is 0 Å². The average Bonchev–Trinajstić information content (AvgIpc) is 2.93. The number of nitrogens with one attached hydrogen (secondary N) is 1. The van der Waals surface area contributed by atoms with Crippen LogP contribution in [0.1, 0.15) is 17.5 Å². The summed E-state index contributed by atoms with van der Waals surface area (Å²) in [6, 6.07) is 13.0. The Morgan fingerprint density at radius 3 is 2.54 bits per heavy atom. The van der Waals surface area contributed by atoms with Crippen molar-refractivity contribution >= 4 is 34.8 Å². The number of carbonyl (C=O) groups is 2. The first-order chi connectivity index (χ1) is 11.4. The van der Waals surface area contributed by atoms with Crippen molar-refractivity contribution in [1.29, 1.82) is 0 Å². The van der Waals surface area contributed by atoms with Crippen LogP contribution in [0.5, 0.6) is 0 Å². The minimum atomic E-state index is -0.353. The van der Waals surface area contributed by atoms with Gasteiger partial charge in [-0.3, -0.25) is 9.59 Å². The van der Waals surface area contributed by atoms with Crippen LogP contribution in [0.15, 0.2) is 42.5 Å². The molecule has 0 radical (unpaired) electrons. The van der Waals surface area contributed by atoms with E-state index < -0.39 is 0 Å². The normalized spacial score (nSPS) is 17.2. The highest BCUT2D eigenvalue weighted by Crippen LogP contribution is 2.27. The number of rotatable bonds is 3. The molecule has 1 atom stereocenters. The molecule has 5 heteroatoms. The summed E-state index contributed by atoms with van der Waals surface area (Å²) in [7, 11) is 0. The van der Waals surface area contributed by atoms with Crippen LogP contribution < -0.4 is 10.2 Å². The van der Waals surface area contributed by atoms with Crippen LogP contribution in [0.25, 0.3) is 0 Å². The molecule has 0 spiro atoms. The summed E-state index contributed by atoms with van der Waals surface area (Å²) >= 11 is 5.88. The third-order valence-electron chi connectivity index (χ3n) is 4.27. The van der Waals surface area contributed by atoms with Gasteiger partial charge in [0, 0.05) is 29.4 Å². The van der Waals surface area contributed by atoms with E-state index in [0.29, 0.717) is 11.6 Å². The molecule has 0 aliphatic carbocycles. The zero-order valence-corrected chi connectivity index (χ0v) is 14.4. The summed E-state index contributed by atoms with van der Waals surface area (Å²) in [5, 5.41) is 3.56. The molecule has 2 aromatic rings. The lowest BCUT2D eigenvalue weighted by atomic mass is 10.1. The first-order valence-electron chi connectivity index (χ1n) is 7.88. The van der Waals surface area contributed by atoms with Gasteiger partial charge in [0.05, 0.1) is 5.92 Å². The minimum absolute atomic E-state index is 0.0434. The van der Waals surface area contributed by atoms with Gasteiger partial charge in [-0.15, -0.1) is 0 Å². The van der Waals surface area contributed by atoms with Crippen molar-refractivity contribution in [3.05, 3.63) is 58.6 Å². The number of nitrogens with zero attached hydrogens (tertiary/aromatic N) is 1. The zero-order chi connectivity index (χ0) is 17.3. The van der Waals surface area contributed by atoms with E-state index in [0.717, 1.165) is 22.5 Å². The van der Waals surface area contributed by atoms with Crippen LogP contribution in [-0.2, 0) is 9.59 Å². The standard InChI is InChI=1S/C19H19ClN2O2/c1-12-3-8-17(13(2)9-12)21-19(24)14-10-18(23)22(11-14)16-6-4-15(20)5-7-16/h3-9,14H,10-11H2,1-2H3,(H,21,24)/t14-/m1/s1. The first kappa shape index (κ1) is 16.5.